The summed E-state index contributed by atoms with van der Waals surface area (Å²) in [5.41, 5.74) is 0. The summed E-state index contributed by atoms with van der Waals surface area (Å²) in [5, 5.41) is 35.4. The molecule has 1 rings (SSSR count). The van der Waals surface area contributed by atoms with Crippen LogP contribution in [0.25, 0.3) is 0 Å². The molecule has 3 unspecified atom stereocenters. The van der Waals surface area contributed by atoms with Crippen molar-refractivity contribution in [3.05, 3.63) is 0 Å². The molecule has 0 aromatic carbocycles. The van der Waals surface area contributed by atoms with E-state index in [1.54, 1.807) is 0 Å². The third-order valence-electron chi connectivity index (χ3n) is 1.83. The third-order valence-corrected chi connectivity index (χ3v) is 1.83. The monoisotopic (exact) mass is 182 g/mol. The Labute approximate surface area is 68.0 Å². The summed E-state index contributed by atoms with van der Waals surface area (Å²) in [6.45, 7) is -0.606. The van der Waals surface area contributed by atoms with Gasteiger partial charge in [0.05, 0.1) is 6.61 Å². The largest absolute Gasteiger partial charge is 0.394 e. The molecule has 5 nitrogen and oxygen atoms in total. The van der Waals surface area contributed by atoms with Crippen LogP contribution >= 0.6 is 0 Å². The third kappa shape index (κ3) is 1.57. The molecule has 0 saturated carbocycles. The molecule has 1 aliphatic rings. The first-order chi connectivity index (χ1) is 5.57. The number of aliphatic hydroxyl groups is 4. The molecule has 12 heavy (non-hydrogen) atoms. The zero-order valence-electron chi connectivity index (χ0n) is 6.17. The Hall–Kier alpha value is -0.270. The smallest absolute Gasteiger partial charge is 0.228 e. The minimum Gasteiger partial charge on any atom is -0.394 e. The first-order valence-electron chi connectivity index (χ1n) is 3.52. The highest BCUT2D eigenvalue weighted by atomic mass is 19.1. The molecule has 5 atom stereocenters. The van der Waals surface area contributed by atoms with Crippen molar-refractivity contribution in [2.45, 2.75) is 30.8 Å². The Morgan fingerprint density at radius 3 is 2.17 bits per heavy atom. The Morgan fingerprint density at radius 1 is 1.08 bits per heavy atom. The fraction of sp³-hybridized carbons (Fsp3) is 1.00. The van der Waals surface area contributed by atoms with Crippen LogP contribution in [0.3, 0.4) is 0 Å². The van der Waals surface area contributed by atoms with Gasteiger partial charge in [0, 0.05) is 0 Å². The van der Waals surface area contributed by atoms with Crippen LogP contribution in [-0.2, 0) is 4.74 Å². The van der Waals surface area contributed by atoms with Crippen LogP contribution in [0.15, 0.2) is 0 Å². The topological polar surface area (TPSA) is 90.2 Å². The molecule has 0 bridgehead atoms. The van der Waals surface area contributed by atoms with Crippen LogP contribution in [0.4, 0.5) is 4.39 Å². The molecule has 0 aromatic heterocycles. The van der Waals surface area contributed by atoms with Gasteiger partial charge < -0.3 is 25.2 Å². The van der Waals surface area contributed by atoms with E-state index in [2.05, 4.69) is 4.74 Å². The van der Waals surface area contributed by atoms with Crippen LogP contribution in [0, 0.1) is 0 Å². The van der Waals surface area contributed by atoms with Gasteiger partial charge in [-0.15, -0.1) is 0 Å². The molecular formula is C6H11FO5. The van der Waals surface area contributed by atoms with Crippen LogP contribution in [0.2, 0.25) is 0 Å². The highest BCUT2D eigenvalue weighted by Crippen LogP contribution is 2.21. The van der Waals surface area contributed by atoms with E-state index in [1.165, 1.54) is 0 Å². The molecule has 0 amide bonds. The van der Waals surface area contributed by atoms with Gasteiger partial charge in [-0.1, -0.05) is 0 Å². The van der Waals surface area contributed by atoms with E-state index in [0.29, 0.717) is 0 Å². The predicted octanol–water partition coefficient (Wildman–Crippen LogP) is -2.24. The normalized spacial score (nSPS) is 49.2. The Morgan fingerprint density at radius 2 is 1.67 bits per heavy atom. The van der Waals surface area contributed by atoms with E-state index < -0.39 is 37.4 Å². The van der Waals surface area contributed by atoms with Gasteiger partial charge in [-0.05, 0) is 0 Å². The average molecular weight is 182 g/mol. The number of halogens is 1. The van der Waals surface area contributed by atoms with Crippen LogP contribution in [-0.4, -0.2) is 57.8 Å². The second-order valence-corrected chi connectivity index (χ2v) is 2.68. The van der Waals surface area contributed by atoms with Gasteiger partial charge in [-0.3, -0.25) is 0 Å². The van der Waals surface area contributed by atoms with Crippen LogP contribution in [0.5, 0.6) is 0 Å². The Bertz CT molecular complexity index is 150. The molecular weight excluding hydrogens is 171 g/mol. The van der Waals surface area contributed by atoms with Crippen molar-refractivity contribution in [3.63, 3.8) is 0 Å². The maximum atomic E-state index is 12.6. The molecule has 0 aliphatic carbocycles. The van der Waals surface area contributed by atoms with E-state index in [0.717, 1.165) is 0 Å². The average Bonchev–Trinajstić information content (AvgIpc) is 2.08. The first-order valence-corrected chi connectivity index (χ1v) is 3.52. The van der Waals surface area contributed by atoms with Crippen LogP contribution < -0.4 is 0 Å². The predicted molar refractivity (Wildman–Crippen MR) is 34.9 cm³/mol. The zero-order chi connectivity index (χ0) is 9.30. The van der Waals surface area contributed by atoms with E-state index >= 15 is 0 Å². The summed E-state index contributed by atoms with van der Waals surface area (Å²) in [6.07, 6.45) is -8.09. The summed E-state index contributed by atoms with van der Waals surface area (Å²) in [5.74, 6) is 0. The van der Waals surface area contributed by atoms with Crippen molar-refractivity contribution in [1.82, 2.24) is 0 Å². The minimum absolute atomic E-state index is 0.606. The number of ether oxygens (including phenoxy) is 1. The molecule has 0 aromatic rings. The standard InChI is InChI=1S/C6H11FO5/c7-6-5(11)4(10)3(9)2(1-8)12-6/h2-6,8-11H,1H2/t2?,3-,4?,5?,6+/m1/s1. The van der Waals surface area contributed by atoms with Gasteiger partial charge in [-0.2, -0.15) is 0 Å². The molecule has 1 aliphatic heterocycles. The Balaban J connectivity index is 2.63. The van der Waals surface area contributed by atoms with Crippen molar-refractivity contribution >= 4 is 0 Å². The van der Waals surface area contributed by atoms with Gasteiger partial charge in [0.1, 0.15) is 24.4 Å². The minimum atomic E-state index is -2.07. The number of rotatable bonds is 1. The molecule has 1 fully saturated rings. The van der Waals surface area contributed by atoms with Crippen LogP contribution in [0.1, 0.15) is 0 Å². The fourth-order valence-electron chi connectivity index (χ4n) is 1.06. The summed E-state index contributed by atoms with van der Waals surface area (Å²) in [6, 6.07) is 0. The van der Waals surface area contributed by atoms with Crippen molar-refractivity contribution < 1.29 is 29.6 Å². The van der Waals surface area contributed by atoms with Gasteiger partial charge in [-0.25, -0.2) is 4.39 Å². The molecule has 0 spiro atoms. The van der Waals surface area contributed by atoms with Gasteiger partial charge in [0.2, 0.25) is 6.36 Å². The van der Waals surface area contributed by atoms with Crippen molar-refractivity contribution in [3.8, 4) is 0 Å². The first kappa shape index (κ1) is 9.82. The van der Waals surface area contributed by atoms with Crippen molar-refractivity contribution in [2.75, 3.05) is 6.61 Å². The lowest BCUT2D eigenvalue weighted by atomic mass is 10.00. The number of aliphatic hydroxyl groups excluding tert-OH is 4. The number of alkyl halides is 1. The number of hydrogen-bond donors (Lipinski definition) is 4. The molecule has 4 N–H and O–H groups in total. The summed E-state index contributed by atoms with van der Waals surface area (Å²) in [7, 11) is 0. The van der Waals surface area contributed by atoms with Crippen molar-refractivity contribution in [2.24, 2.45) is 0 Å². The van der Waals surface area contributed by atoms with E-state index in [4.69, 9.17) is 20.4 Å². The second kappa shape index (κ2) is 3.63. The van der Waals surface area contributed by atoms with Gasteiger partial charge in [0.15, 0.2) is 0 Å². The molecule has 72 valence electrons. The second-order valence-electron chi connectivity index (χ2n) is 2.68. The molecule has 6 heteroatoms. The maximum absolute atomic E-state index is 12.6. The highest BCUT2D eigenvalue weighted by Gasteiger charge is 2.43. The van der Waals surface area contributed by atoms with Crippen molar-refractivity contribution in [1.29, 1.82) is 0 Å². The lowest BCUT2D eigenvalue weighted by Crippen LogP contribution is -2.57. The summed E-state index contributed by atoms with van der Waals surface area (Å²) in [4.78, 5) is 0. The Kier molecular flexibility index (Phi) is 2.97. The maximum Gasteiger partial charge on any atom is 0.228 e. The lowest BCUT2D eigenvalue weighted by Gasteiger charge is -2.36. The van der Waals surface area contributed by atoms with E-state index in [9.17, 15) is 4.39 Å². The van der Waals surface area contributed by atoms with E-state index in [1.807, 2.05) is 0 Å². The molecule has 1 heterocycles. The quantitative estimate of drug-likeness (QED) is 0.368. The highest BCUT2D eigenvalue weighted by molar-refractivity contribution is 4.88. The lowest BCUT2D eigenvalue weighted by molar-refractivity contribution is -0.262. The number of hydrogen-bond acceptors (Lipinski definition) is 5. The summed E-state index contributed by atoms with van der Waals surface area (Å²) >= 11 is 0. The van der Waals surface area contributed by atoms with E-state index in [-0.39, 0.29) is 0 Å². The van der Waals surface area contributed by atoms with Gasteiger partial charge >= 0.3 is 0 Å². The zero-order valence-corrected chi connectivity index (χ0v) is 6.17. The summed E-state index contributed by atoms with van der Waals surface area (Å²) < 4.78 is 16.9. The fourth-order valence-corrected chi connectivity index (χ4v) is 1.06. The molecule has 0 radical (unpaired) electrons. The SMILES string of the molecule is OCC1O[C@H](F)C(O)C(O)[C@@H]1O. The van der Waals surface area contributed by atoms with Gasteiger partial charge in [0.25, 0.3) is 0 Å². The molecule has 1 saturated heterocycles.